The molecule has 0 radical (unpaired) electrons. The van der Waals surface area contributed by atoms with Gasteiger partial charge in [-0.05, 0) is 43.7 Å². The number of aromatic nitrogens is 3. The van der Waals surface area contributed by atoms with E-state index in [2.05, 4.69) is 20.4 Å². The Kier molecular flexibility index (Phi) is 5.38. The van der Waals surface area contributed by atoms with E-state index in [0.29, 0.717) is 35.3 Å². The second kappa shape index (κ2) is 8.28. The van der Waals surface area contributed by atoms with E-state index in [1.807, 2.05) is 50.2 Å². The van der Waals surface area contributed by atoms with Crippen molar-refractivity contribution >= 4 is 5.95 Å². The van der Waals surface area contributed by atoms with Crippen molar-refractivity contribution in [3.8, 4) is 34.3 Å². The lowest BCUT2D eigenvalue weighted by Gasteiger charge is -2.11. The van der Waals surface area contributed by atoms with Gasteiger partial charge in [0.15, 0.2) is 11.5 Å². The van der Waals surface area contributed by atoms with Crippen molar-refractivity contribution in [2.24, 2.45) is 0 Å². The fourth-order valence-electron chi connectivity index (χ4n) is 3.04. The van der Waals surface area contributed by atoms with E-state index in [-0.39, 0.29) is 0 Å². The summed E-state index contributed by atoms with van der Waals surface area (Å²) in [5, 5.41) is 7.21. The summed E-state index contributed by atoms with van der Waals surface area (Å²) in [7, 11) is 3.24. The van der Waals surface area contributed by atoms with Gasteiger partial charge in [-0.25, -0.2) is 9.97 Å². The van der Waals surface area contributed by atoms with E-state index in [1.54, 1.807) is 20.4 Å². The van der Waals surface area contributed by atoms with Gasteiger partial charge in [0.1, 0.15) is 23.0 Å². The fourth-order valence-corrected chi connectivity index (χ4v) is 3.04. The van der Waals surface area contributed by atoms with Crippen molar-refractivity contribution in [3.63, 3.8) is 0 Å². The summed E-state index contributed by atoms with van der Waals surface area (Å²) in [6.45, 7) is 4.24. The molecule has 0 saturated carbocycles. The number of hydrogen-bond donors (Lipinski definition) is 1. The highest BCUT2D eigenvalue weighted by molar-refractivity contribution is 5.76. The van der Waals surface area contributed by atoms with Crippen LogP contribution in [0.25, 0.3) is 22.8 Å². The molecule has 0 amide bonds. The zero-order chi connectivity index (χ0) is 21.1. The van der Waals surface area contributed by atoms with Crippen LogP contribution in [-0.4, -0.2) is 29.3 Å². The molecule has 0 saturated heterocycles. The molecule has 8 nitrogen and oxygen atoms in total. The quantitative estimate of drug-likeness (QED) is 0.474. The van der Waals surface area contributed by atoms with Gasteiger partial charge < -0.3 is 23.7 Å². The maximum absolute atomic E-state index is 5.80. The lowest BCUT2D eigenvalue weighted by atomic mass is 10.1. The summed E-state index contributed by atoms with van der Waals surface area (Å²) in [5.74, 6) is 3.90. The summed E-state index contributed by atoms with van der Waals surface area (Å²) in [6, 6.07) is 11.3. The Hall–Kier alpha value is -3.81. The molecule has 0 spiro atoms. The minimum Gasteiger partial charge on any atom is -0.497 e. The Morgan fingerprint density at radius 3 is 2.33 bits per heavy atom. The molecule has 0 bridgehead atoms. The van der Waals surface area contributed by atoms with Crippen LogP contribution in [0.2, 0.25) is 0 Å². The number of methoxy groups -OCH3 is 2. The van der Waals surface area contributed by atoms with Crippen LogP contribution in [-0.2, 0) is 6.54 Å². The summed E-state index contributed by atoms with van der Waals surface area (Å²) >= 11 is 0. The predicted octanol–water partition coefficient (Wildman–Crippen LogP) is 4.64. The number of nitrogens with one attached hydrogen (secondary N) is 1. The third kappa shape index (κ3) is 4.12. The Morgan fingerprint density at radius 2 is 1.73 bits per heavy atom. The molecule has 0 atom stereocenters. The van der Waals surface area contributed by atoms with Gasteiger partial charge in [0.2, 0.25) is 5.95 Å². The second-order valence-electron chi connectivity index (χ2n) is 6.77. The van der Waals surface area contributed by atoms with Crippen molar-refractivity contribution in [3.05, 3.63) is 59.6 Å². The van der Waals surface area contributed by atoms with Crippen LogP contribution >= 0.6 is 0 Å². The number of ether oxygens (including phenoxy) is 2. The van der Waals surface area contributed by atoms with E-state index in [9.17, 15) is 0 Å². The average molecular weight is 406 g/mol. The molecule has 0 unspecified atom stereocenters. The van der Waals surface area contributed by atoms with E-state index >= 15 is 0 Å². The first kappa shape index (κ1) is 19.5. The summed E-state index contributed by atoms with van der Waals surface area (Å²) in [6.07, 6.45) is 1.70. The van der Waals surface area contributed by atoms with Gasteiger partial charge >= 0.3 is 0 Å². The summed E-state index contributed by atoms with van der Waals surface area (Å²) < 4.78 is 21.9. The first-order valence-electron chi connectivity index (χ1n) is 9.39. The van der Waals surface area contributed by atoms with Crippen LogP contribution in [0.3, 0.4) is 0 Å². The van der Waals surface area contributed by atoms with E-state index in [4.69, 9.17) is 18.4 Å². The zero-order valence-corrected chi connectivity index (χ0v) is 17.2. The molecule has 4 rings (SSSR count). The molecular formula is C22H22N4O4. The molecule has 1 N–H and O–H groups in total. The minimum absolute atomic E-state index is 0.459. The lowest BCUT2D eigenvalue weighted by molar-refractivity contribution is 0.393. The molecule has 0 fully saturated rings. The molecule has 3 aromatic heterocycles. The normalized spacial score (nSPS) is 10.8. The molecule has 0 aliphatic rings. The third-order valence-electron chi connectivity index (χ3n) is 4.52. The van der Waals surface area contributed by atoms with Gasteiger partial charge in [-0.2, -0.15) is 0 Å². The Balaban J connectivity index is 1.65. The Labute approximate surface area is 173 Å². The highest BCUT2D eigenvalue weighted by atomic mass is 16.5. The van der Waals surface area contributed by atoms with Crippen molar-refractivity contribution in [2.75, 3.05) is 19.5 Å². The SMILES string of the molecule is COc1cc(CNc2ncc(-c3cc(C)no3)c(-c3ccc(C)o3)n2)cc(OC)c1. The number of benzene rings is 1. The molecule has 3 heterocycles. The molecular weight excluding hydrogens is 384 g/mol. The standard InChI is InChI=1S/C22H22N4O4/c1-13-7-20(30-26-13)18-12-24-22(25-21(18)19-6-5-14(2)29-19)23-11-15-8-16(27-3)10-17(9-15)28-4/h5-10,12H,11H2,1-4H3,(H,23,24,25). The number of furan rings is 1. The van der Waals surface area contributed by atoms with Crippen LogP contribution in [0.4, 0.5) is 5.95 Å². The molecule has 154 valence electrons. The first-order valence-corrected chi connectivity index (χ1v) is 9.39. The van der Waals surface area contributed by atoms with Gasteiger partial charge in [-0.1, -0.05) is 5.16 Å². The van der Waals surface area contributed by atoms with E-state index in [0.717, 1.165) is 28.5 Å². The van der Waals surface area contributed by atoms with Crippen molar-refractivity contribution in [1.82, 2.24) is 15.1 Å². The number of aryl methyl sites for hydroxylation is 2. The zero-order valence-electron chi connectivity index (χ0n) is 17.2. The van der Waals surface area contributed by atoms with Crippen molar-refractivity contribution in [1.29, 1.82) is 0 Å². The van der Waals surface area contributed by atoms with Crippen LogP contribution in [0.1, 0.15) is 17.0 Å². The molecule has 8 heteroatoms. The Bertz CT molecular complexity index is 1140. The lowest BCUT2D eigenvalue weighted by Crippen LogP contribution is -2.05. The molecule has 0 aliphatic carbocycles. The fraction of sp³-hybridized carbons (Fsp3) is 0.227. The average Bonchev–Trinajstić information content (AvgIpc) is 3.40. The van der Waals surface area contributed by atoms with Crippen molar-refractivity contribution < 1.29 is 18.4 Å². The summed E-state index contributed by atoms with van der Waals surface area (Å²) in [4.78, 5) is 9.12. The van der Waals surface area contributed by atoms with Crippen LogP contribution in [0, 0.1) is 13.8 Å². The topological polar surface area (TPSA) is 95.4 Å². The third-order valence-corrected chi connectivity index (χ3v) is 4.52. The number of anilines is 1. The Morgan fingerprint density at radius 1 is 0.967 bits per heavy atom. The van der Waals surface area contributed by atoms with Gasteiger partial charge in [0.05, 0.1) is 25.5 Å². The number of rotatable bonds is 7. The highest BCUT2D eigenvalue weighted by Crippen LogP contribution is 2.32. The maximum atomic E-state index is 5.80. The van der Waals surface area contributed by atoms with Gasteiger partial charge in [0.25, 0.3) is 0 Å². The van der Waals surface area contributed by atoms with Gasteiger partial charge in [-0.3, -0.25) is 0 Å². The molecule has 4 aromatic rings. The van der Waals surface area contributed by atoms with Crippen LogP contribution in [0.15, 0.2) is 51.5 Å². The molecule has 30 heavy (non-hydrogen) atoms. The highest BCUT2D eigenvalue weighted by Gasteiger charge is 2.18. The minimum atomic E-state index is 0.459. The predicted molar refractivity (Wildman–Crippen MR) is 112 cm³/mol. The largest absolute Gasteiger partial charge is 0.497 e. The van der Waals surface area contributed by atoms with Gasteiger partial charge in [-0.15, -0.1) is 0 Å². The summed E-state index contributed by atoms with van der Waals surface area (Å²) in [5.41, 5.74) is 3.08. The number of hydrogen-bond acceptors (Lipinski definition) is 8. The van der Waals surface area contributed by atoms with Crippen molar-refractivity contribution in [2.45, 2.75) is 20.4 Å². The van der Waals surface area contributed by atoms with E-state index < -0.39 is 0 Å². The maximum Gasteiger partial charge on any atom is 0.223 e. The van der Waals surface area contributed by atoms with Crippen LogP contribution in [0.5, 0.6) is 11.5 Å². The second-order valence-corrected chi connectivity index (χ2v) is 6.77. The first-order chi connectivity index (χ1) is 14.6. The number of nitrogens with zero attached hydrogens (tertiary/aromatic N) is 3. The monoisotopic (exact) mass is 406 g/mol. The smallest absolute Gasteiger partial charge is 0.223 e. The van der Waals surface area contributed by atoms with E-state index in [1.165, 1.54) is 0 Å². The molecule has 0 aliphatic heterocycles. The molecule has 1 aromatic carbocycles. The van der Waals surface area contributed by atoms with Gasteiger partial charge in [0, 0.05) is 24.9 Å². The van der Waals surface area contributed by atoms with Crippen LogP contribution < -0.4 is 14.8 Å².